The van der Waals surface area contributed by atoms with E-state index in [9.17, 15) is 13.2 Å². The minimum atomic E-state index is -4.13. The molecule has 0 bridgehead atoms. The van der Waals surface area contributed by atoms with Crippen molar-refractivity contribution in [3.8, 4) is 6.07 Å². The largest absolute Gasteiger partial charge is 0.358 e. The number of nitrogens with zero attached hydrogens (tertiary/aromatic N) is 2. The molecule has 0 fully saturated rings. The molecule has 0 saturated carbocycles. The van der Waals surface area contributed by atoms with Crippen molar-refractivity contribution in [1.29, 1.82) is 5.26 Å². The molecule has 7 heteroatoms. The van der Waals surface area contributed by atoms with Gasteiger partial charge in [0, 0.05) is 5.57 Å². The van der Waals surface area contributed by atoms with Crippen molar-refractivity contribution in [2.75, 3.05) is 0 Å². The Bertz CT molecular complexity index is 1070. The highest BCUT2D eigenvalue weighted by molar-refractivity contribution is 7.86. The number of hydrogen-bond donors (Lipinski definition) is 0. The van der Waals surface area contributed by atoms with Crippen LogP contribution in [0, 0.1) is 11.3 Å². The van der Waals surface area contributed by atoms with Crippen LogP contribution in [0.15, 0.2) is 82.9 Å². The Labute approximate surface area is 150 Å². The minimum absolute atomic E-state index is 0.121. The molecule has 6 nitrogen and oxygen atoms in total. The smallest absolute Gasteiger partial charge is 0.289 e. The van der Waals surface area contributed by atoms with Crippen molar-refractivity contribution in [3.63, 3.8) is 0 Å². The fourth-order valence-electron chi connectivity index (χ4n) is 2.25. The predicted octanol–water partition coefficient (Wildman–Crippen LogP) is 2.84. The summed E-state index contributed by atoms with van der Waals surface area (Å²) >= 11 is 0. The number of rotatable bonds is 4. The molecule has 0 heterocycles. The maximum atomic E-state index is 12.2. The van der Waals surface area contributed by atoms with Gasteiger partial charge in [-0.1, -0.05) is 35.5 Å². The summed E-state index contributed by atoms with van der Waals surface area (Å²) in [5.74, 6) is -0.204. The Morgan fingerprint density at radius 2 is 1.65 bits per heavy atom. The summed E-state index contributed by atoms with van der Waals surface area (Å²) in [5.41, 5.74) is 1.62. The van der Waals surface area contributed by atoms with Gasteiger partial charge >= 0.3 is 10.1 Å². The van der Waals surface area contributed by atoms with Crippen molar-refractivity contribution < 1.29 is 17.5 Å². The average Bonchev–Trinajstić information content (AvgIpc) is 2.68. The molecule has 0 aromatic heterocycles. The van der Waals surface area contributed by atoms with Gasteiger partial charge in [0.05, 0.1) is 11.6 Å². The maximum absolute atomic E-state index is 12.2. The molecule has 2 aromatic carbocycles. The quantitative estimate of drug-likeness (QED) is 0.614. The molecule has 2 aromatic rings. The predicted molar refractivity (Wildman–Crippen MR) is 95.4 cm³/mol. The van der Waals surface area contributed by atoms with Gasteiger partial charge in [0.2, 0.25) is 0 Å². The third-order valence-corrected chi connectivity index (χ3v) is 4.68. The first-order chi connectivity index (χ1) is 12.5. The van der Waals surface area contributed by atoms with E-state index in [1.54, 1.807) is 24.3 Å². The van der Waals surface area contributed by atoms with E-state index in [1.807, 2.05) is 12.1 Å². The minimum Gasteiger partial charge on any atom is -0.289 e. The highest BCUT2D eigenvalue weighted by Gasteiger charge is 2.18. The lowest BCUT2D eigenvalue weighted by molar-refractivity contribution is -0.109. The molecule has 0 radical (unpaired) electrons. The maximum Gasteiger partial charge on any atom is 0.358 e. The summed E-state index contributed by atoms with van der Waals surface area (Å²) in [4.78, 5) is 11.9. The SMILES string of the molecule is N#Cc1ccc(S(=O)(=O)ON=C2C=CC(=O)C(c3ccccc3)=C2)cc1. The van der Waals surface area contributed by atoms with Gasteiger partial charge in [-0.25, -0.2) is 0 Å². The molecule has 26 heavy (non-hydrogen) atoms. The van der Waals surface area contributed by atoms with Crippen LogP contribution in [0.3, 0.4) is 0 Å². The number of carbonyl (C=O) groups is 1. The molecule has 0 saturated heterocycles. The summed E-state index contributed by atoms with van der Waals surface area (Å²) in [7, 11) is -4.13. The highest BCUT2D eigenvalue weighted by Crippen LogP contribution is 2.20. The third kappa shape index (κ3) is 3.77. The molecule has 0 atom stereocenters. The molecular weight excluding hydrogens is 352 g/mol. The Hall–Kier alpha value is -3.50. The van der Waals surface area contributed by atoms with Gasteiger partial charge in [-0.15, -0.1) is 0 Å². The van der Waals surface area contributed by atoms with Crippen LogP contribution in [-0.4, -0.2) is 19.9 Å². The first-order valence-corrected chi connectivity index (χ1v) is 8.92. The normalized spacial score (nSPS) is 15.4. The van der Waals surface area contributed by atoms with Crippen LogP contribution >= 0.6 is 0 Å². The summed E-state index contributed by atoms with van der Waals surface area (Å²) < 4.78 is 29.1. The number of hydrogen-bond acceptors (Lipinski definition) is 6. The van der Waals surface area contributed by atoms with Crippen molar-refractivity contribution in [2.24, 2.45) is 5.16 Å². The van der Waals surface area contributed by atoms with Gasteiger partial charge in [0.1, 0.15) is 10.6 Å². The number of ketones is 1. The summed E-state index contributed by atoms with van der Waals surface area (Å²) in [6, 6.07) is 16.1. The fraction of sp³-hybridized carbons (Fsp3) is 0. The topological polar surface area (TPSA) is 96.6 Å². The van der Waals surface area contributed by atoms with Crippen molar-refractivity contribution in [3.05, 3.63) is 84.0 Å². The molecular formula is C19H12N2O4S. The van der Waals surface area contributed by atoms with Gasteiger partial charge < -0.3 is 0 Å². The Morgan fingerprint density at radius 1 is 0.962 bits per heavy atom. The van der Waals surface area contributed by atoms with Crippen LogP contribution in [0.1, 0.15) is 11.1 Å². The van der Waals surface area contributed by atoms with Gasteiger partial charge in [-0.2, -0.15) is 13.7 Å². The second kappa shape index (κ2) is 7.17. The molecule has 0 unspecified atom stereocenters. The average molecular weight is 364 g/mol. The second-order valence-electron chi connectivity index (χ2n) is 5.30. The van der Waals surface area contributed by atoms with Crippen molar-refractivity contribution in [1.82, 2.24) is 0 Å². The van der Waals surface area contributed by atoms with E-state index in [4.69, 9.17) is 9.55 Å². The molecule has 0 spiro atoms. The van der Waals surface area contributed by atoms with Gasteiger partial charge in [-0.3, -0.25) is 9.08 Å². The van der Waals surface area contributed by atoms with Crippen LogP contribution in [0.2, 0.25) is 0 Å². The lowest BCUT2D eigenvalue weighted by Crippen LogP contribution is -2.09. The van der Waals surface area contributed by atoms with Crippen molar-refractivity contribution in [2.45, 2.75) is 4.90 Å². The monoisotopic (exact) mass is 364 g/mol. The van der Waals surface area contributed by atoms with Crippen LogP contribution in [0.25, 0.3) is 5.57 Å². The fourth-order valence-corrected chi connectivity index (χ4v) is 2.99. The van der Waals surface area contributed by atoms with E-state index >= 15 is 0 Å². The summed E-state index contributed by atoms with van der Waals surface area (Å²) in [6.45, 7) is 0. The molecule has 0 aliphatic heterocycles. The Kier molecular flexibility index (Phi) is 4.78. The van der Waals surface area contributed by atoms with E-state index in [1.165, 1.54) is 42.5 Å². The zero-order valence-electron chi connectivity index (χ0n) is 13.4. The molecule has 1 aliphatic carbocycles. The van der Waals surface area contributed by atoms with E-state index < -0.39 is 10.1 Å². The molecule has 0 N–H and O–H groups in total. The number of nitriles is 1. The zero-order valence-corrected chi connectivity index (χ0v) is 14.2. The van der Waals surface area contributed by atoms with Gasteiger partial charge in [0.25, 0.3) is 0 Å². The van der Waals surface area contributed by atoms with Crippen molar-refractivity contribution >= 4 is 27.2 Å². The molecule has 128 valence electrons. The van der Waals surface area contributed by atoms with Crippen LogP contribution < -0.4 is 0 Å². The number of benzene rings is 2. The summed E-state index contributed by atoms with van der Waals surface area (Å²) in [6.07, 6.45) is 4.15. The second-order valence-corrected chi connectivity index (χ2v) is 6.83. The third-order valence-electron chi connectivity index (χ3n) is 3.56. The Balaban J connectivity index is 1.85. The van der Waals surface area contributed by atoms with E-state index in [0.29, 0.717) is 16.7 Å². The summed E-state index contributed by atoms with van der Waals surface area (Å²) in [5, 5.41) is 12.4. The lowest BCUT2D eigenvalue weighted by atomic mass is 9.96. The van der Waals surface area contributed by atoms with Crippen LogP contribution in [-0.2, 0) is 19.2 Å². The first-order valence-electron chi connectivity index (χ1n) is 7.51. The first kappa shape index (κ1) is 17.3. The van der Waals surface area contributed by atoms with E-state index in [2.05, 4.69) is 5.16 Å². The molecule has 0 amide bonds. The van der Waals surface area contributed by atoms with E-state index in [-0.39, 0.29) is 16.4 Å². The standard InChI is InChI=1S/C19H12N2O4S/c20-13-14-6-9-17(10-7-14)26(23,24)25-21-16-8-11-19(22)18(12-16)15-4-2-1-3-5-15/h1-12H. The number of oxime groups is 1. The number of allylic oxidation sites excluding steroid dienone is 4. The molecule has 1 aliphatic rings. The highest BCUT2D eigenvalue weighted by atomic mass is 32.2. The van der Waals surface area contributed by atoms with E-state index in [0.717, 1.165) is 0 Å². The number of carbonyl (C=O) groups excluding carboxylic acids is 1. The van der Waals surface area contributed by atoms with Gasteiger partial charge in [0.15, 0.2) is 5.78 Å². The van der Waals surface area contributed by atoms with Crippen LogP contribution in [0.5, 0.6) is 0 Å². The van der Waals surface area contributed by atoms with Crippen LogP contribution in [0.4, 0.5) is 0 Å². The lowest BCUT2D eigenvalue weighted by Gasteiger charge is -2.09. The molecule has 3 rings (SSSR count). The zero-order chi connectivity index (χ0) is 18.6. The Morgan fingerprint density at radius 3 is 2.31 bits per heavy atom. The van der Waals surface area contributed by atoms with Gasteiger partial charge in [-0.05, 0) is 48.1 Å².